The zero-order valence-electron chi connectivity index (χ0n) is 14.8. The van der Waals surface area contributed by atoms with Crippen molar-refractivity contribution >= 4 is 16.9 Å². The van der Waals surface area contributed by atoms with Gasteiger partial charge in [-0.2, -0.15) is 10.4 Å². The summed E-state index contributed by atoms with van der Waals surface area (Å²) < 4.78 is 1.74. The van der Waals surface area contributed by atoms with Crippen LogP contribution in [0, 0.1) is 18.3 Å². The van der Waals surface area contributed by atoms with E-state index in [1.54, 1.807) is 16.8 Å². The van der Waals surface area contributed by atoms with Crippen molar-refractivity contribution in [3.8, 4) is 6.07 Å². The Morgan fingerprint density at radius 3 is 2.92 bits per heavy atom. The maximum Gasteiger partial charge on any atom is 0.252 e. The van der Waals surface area contributed by atoms with Crippen LogP contribution in [-0.2, 0) is 13.6 Å². The molecule has 1 aromatic carbocycles. The highest BCUT2D eigenvalue weighted by Crippen LogP contribution is 2.40. The van der Waals surface area contributed by atoms with Crippen molar-refractivity contribution in [1.82, 2.24) is 20.1 Å². The Morgan fingerprint density at radius 1 is 1.38 bits per heavy atom. The summed E-state index contributed by atoms with van der Waals surface area (Å²) in [6, 6.07) is 11.3. The van der Waals surface area contributed by atoms with Gasteiger partial charge in [0.1, 0.15) is 0 Å². The van der Waals surface area contributed by atoms with Crippen LogP contribution in [-0.4, -0.2) is 20.7 Å². The molecule has 1 fully saturated rings. The minimum Gasteiger partial charge on any atom is -0.348 e. The first-order valence-corrected chi connectivity index (χ1v) is 8.68. The number of rotatable bonds is 4. The van der Waals surface area contributed by atoms with Gasteiger partial charge in [0.15, 0.2) is 5.65 Å². The molecule has 1 amide bonds. The molecule has 0 bridgehead atoms. The van der Waals surface area contributed by atoms with Crippen molar-refractivity contribution < 1.29 is 4.79 Å². The minimum atomic E-state index is -0.141. The van der Waals surface area contributed by atoms with Crippen molar-refractivity contribution in [2.75, 3.05) is 0 Å². The lowest BCUT2D eigenvalue weighted by atomic mass is 10.1. The first-order valence-electron chi connectivity index (χ1n) is 8.68. The molecule has 4 rings (SSSR count). The number of pyridine rings is 1. The summed E-state index contributed by atoms with van der Waals surface area (Å²) in [5, 5.41) is 17.2. The Labute approximate surface area is 151 Å². The van der Waals surface area contributed by atoms with Gasteiger partial charge >= 0.3 is 0 Å². The van der Waals surface area contributed by atoms with E-state index >= 15 is 0 Å². The lowest BCUT2D eigenvalue weighted by molar-refractivity contribution is 0.0952. The van der Waals surface area contributed by atoms with Gasteiger partial charge in [0, 0.05) is 25.2 Å². The first kappa shape index (κ1) is 16.3. The molecular formula is C20H19N5O. The molecule has 26 heavy (non-hydrogen) atoms. The van der Waals surface area contributed by atoms with Gasteiger partial charge in [-0.05, 0) is 43.5 Å². The summed E-state index contributed by atoms with van der Waals surface area (Å²) >= 11 is 0. The Morgan fingerprint density at radius 2 is 2.19 bits per heavy atom. The fourth-order valence-corrected chi connectivity index (χ4v) is 3.26. The normalized spacial score (nSPS) is 13.6. The lowest BCUT2D eigenvalue weighted by Crippen LogP contribution is -2.23. The highest BCUT2D eigenvalue weighted by Gasteiger charge is 2.28. The quantitative estimate of drug-likeness (QED) is 0.788. The number of carbonyl (C=O) groups is 1. The predicted molar refractivity (Wildman–Crippen MR) is 97.5 cm³/mol. The van der Waals surface area contributed by atoms with Gasteiger partial charge < -0.3 is 5.32 Å². The summed E-state index contributed by atoms with van der Waals surface area (Å²) in [6.45, 7) is 2.27. The number of aromatic nitrogens is 3. The molecule has 1 aliphatic carbocycles. The second-order valence-electron chi connectivity index (χ2n) is 6.77. The predicted octanol–water partition coefficient (Wildman–Crippen LogP) is 2.96. The molecule has 1 N–H and O–H groups in total. The van der Waals surface area contributed by atoms with Crippen LogP contribution in [0.3, 0.4) is 0 Å². The number of carbonyl (C=O) groups excluding carboxylic acids is 1. The van der Waals surface area contributed by atoms with Crippen LogP contribution in [0.1, 0.15) is 51.6 Å². The molecule has 1 aliphatic rings. The van der Waals surface area contributed by atoms with Crippen LogP contribution in [0.15, 0.2) is 30.3 Å². The van der Waals surface area contributed by atoms with Gasteiger partial charge in [-0.25, -0.2) is 4.98 Å². The molecular weight excluding hydrogens is 326 g/mol. The highest BCUT2D eigenvalue weighted by molar-refractivity contribution is 6.06. The third-order valence-corrected chi connectivity index (χ3v) is 4.74. The molecule has 2 heterocycles. The van der Waals surface area contributed by atoms with Crippen LogP contribution in [0.2, 0.25) is 0 Å². The number of nitriles is 1. The zero-order chi connectivity index (χ0) is 18.3. The molecule has 0 spiro atoms. The molecule has 3 aromatic rings. The van der Waals surface area contributed by atoms with Gasteiger partial charge in [-0.1, -0.05) is 12.1 Å². The van der Waals surface area contributed by atoms with Crippen molar-refractivity contribution in [1.29, 1.82) is 5.26 Å². The fraction of sp³-hybridized carbons (Fsp3) is 0.300. The maximum atomic E-state index is 12.9. The largest absolute Gasteiger partial charge is 0.348 e. The van der Waals surface area contributed by atoms with E-state index in [4.69, 9.17) is 10.2 Å². The molecule has 0 radical (unpaired) electrons. The Balaban J connectivity index is 1.66. The average Bonchev–Trinajstić information content (AvgIpc) is 3.46. The molecule has 6 heteroatoms. The summed E-state index contributed by atoms with van der Waals surface area (Å²) in [4.78, 5) is 17.6. The first-order chi connectivity index (χ1) is 12.6. The summed E-state index contributed by atoms with van der Waals surface area (Å²) in [5.41, 5.74) is 4.63. The molecule has 0 aliphatic heterocycles. The molecule has 0 saturated heterocycles. The van der Waals surface area contributed by atoms with E-state index < -0.39 is 0 Å². The number of aryl methyl sites for hydroxylation is 2. The monoisotopic (exact) mass is 345 g/mol. The molecule has 0 atom stereocenters. The van der Waals surface area contributed by atoms with E-state index in [1.807, 2.05) is 32.2 Å². The lowest BCUT2D eigenvalue weighted by Gasteiger charge is -2.09. The standard InChI is InChI=1S/C20H19N5O/c1-12-18-16(9-17(15-6-7-15)23-19(18)25(2)24-12)20(26)22-11-14-5-3-4-13(8-14)10-21/h3-5,8-9,15H,6-7,11H2,1-2H3,(H,22,26). The number of hydrogen-bond donors (Lipinski definition) is 1. The van der Waals surface area contributed by atoms with E-state index in [9.17, 15) is 4.79 Å². The number of amides is 1. The van der Waals surface area contributed by atoms with E-state index in [0.29, 0.717) is 23.6 Å². The zero-order valence-corrected chi connectivity index (χ0v) is 14.8. The van der Waals surface area contributed by atoms with Crippen molar-refractivity contribution in [3.63, 3.8) is 0 Å². The van der Waals surface area contributed by atoms with E-state index in [1.165, 1.54) is 0 Å². The van der Waals surface area contributed by atoms with Crippen LogP contribution < -0.4 is 5.32 Å². The molecule has 130 valence electrons. The Hall–Kier alpha value is -3.20. The van der Waals surface area contributed by atoms with Gasteiger partial charge in [0.05, 0.1) is 28.3 Å². The second-order valence-corrected chi connectivity index (χ2v) is 6.77. The topological polar surface area (TPSA) is 83.6 Å². The van der Waals surface area contributed by atoms with Crippen molar-refractivity contribution in [2.24, 2.45) is 7.05 Å². The number of hydrogen-bond acceptors (Lipinski definition) is 4. The maximum absolute atomic E-state index is 12.9. The SMILES string of the molecule is Cc1nn(C)c2nc(C3CC3)cc(C(=O)NCc3cccc(C#N)c3)c12. The third-order valence-electron chi connectivity index (χ3n) is 4.74. The number of benzene rings is 1. The number of nitrogens with zero attached hydrogens (tertiary/aromatic N) is 4. The van der Waals surface area contributed by atoms with E-state index in [0.717, 1.165) is 40.8 Å². The third kappa shape index (κ3) is 2.93. The molecule has 6 nitrogen and oxygen atoms in total. The van der Waals surface area contributed by atoms with Crippen molar-refractivity contribution in [3.05, 3.63) is 58.4 Å². The summed E-state index contributed by atoms with van der Waals surface area (Å²) in [5.74, 6) is 0.311. The Bertz CT molecular complexity index is 1060. The van der Waals surface area contributed by atoms with Gasteiger partial charge in [0.2, 0.25) is 0 Å². The average molecular weight is 345 g/mol. The smallest absolute Gasteiger partial charge is 0.252 e. The fourth-order valence-electron chi connectivity index (χ4n) is 3.26. The van der Waals surface area contributed by atoms with Gasteiger partial charge in [-0.3, -0.25) is 9.48 Å². The summed E-state index contributed by atoms with van der Waals surface area (Å²) in [6.07, 6.45) is 2.24. The van der Waals surface area contributed by atoms with Crippen LogP contribution in [0.5, 0.6) is 0 Å². The van der Waals surface area contributed by atoms with Gasteiger partial charge in [0.25, 0.3) is 5.91 Å². The molecule has 0 unspecified atom stereocenters. The van der Waals surface area contributed by atoms with Crippen LogP contribution in [0.4, 0.5) is 0 Å². The van der Waals surface area contributed by atoms with E-state index in [2.05, 4.69) is 16.5 Å². The van der Waals surface area contributed by atoms with Crippen molar-refractivity contribution in [2.45, 2.75) is 32.2 Å². The highest BCUT2D eigenvalue weighted by atomic mass is 16.1. The second kappa shape index (κ2) is 6.26. The van der Waals surface area contributed by atoms with Crippen LogP contribution in [0.25, 0.3) is 11.0 Å². The van der Waals surface area contributed by atoms with Crippen LogP contribution >= 0.6 is 0 Å². The number of fused-ring (bicyclic) bond motifs is 1. The summed E-state index contributed by atoms with van der Waals surface area (Å²) in [7, 11) is 1.86. The minimum absolute atomic E-state index is 0.141. The molecule has 1 saturated carbocycles. The van der Waals surface area contributed by atoms with Gasteiger partial charge in [-0.15, -0.1) is 0 Å². The van der Waals surface area contributed by atoms with E-state index in [-0.39, 0.29) is 5.91 Å². The molecule has 2 aromatic heterocycles. The Kier molecular flexibility index (Phi) is 3.92. The number of nitrogens with one attached hydrogen (secondary N) is 1.